The van der Waals surface area contributed by atoms with E-state index in [-0.39, 0.29) is 49.2 Å². The van der Waals surface area contributed by atoms with Crippen molar-refractivity contribution in [2.45, 2.75) is 72.6 Å². The first-order valence-corrected chi connectivity index (χ1v) is 14.1. The summed E-state index contributed by atoms with van der Waals surface area (Å²) in [6.45, 7) is 8.59. The molecule has 1 N–H and O–H groups in total. The first kappa shape index (κ1) is 31.3. The lowest BCUT2D eigenvalue weighted by Crippen LogP contribution is -2.36. The van der Waals surface area contributed by atoms with Crippen molar-refractivity contribution in [3.63, 3.8) is 0 Å². The molecule has 2 rings (SSSR count). The third kappa shape index (κ3) is 7.82. The van der Waals surface area contributed by atoms with Crippen LogP contribution in [0.25, 0.3) is 0 Å². The predicted molar refractivity (Wildman–Crippen MR) is 139 cm³/mol. The van der Waals surface area contributed by atoms with Crippen molar-refractivity contribution >= 4 is 25.4 Å². The van der Waals surface area contributed by atoms with Gasteiger partial charge in [-0.25, -0.2) is 9.88 Å². The monoisotopic (exact) mass is 555 g/mol. The molecule has 2 atom stereocenters. The summed E-state index contributed by atoms with van der Waals surface area (Å²) in [7, 11) is 0.245. The van der Waals surface area contributed by atoms with E-state index < -0.39 is 25.5 Å². The zero-order valence-corrected chi connectivity index (χ0v) is 24.2. The fourth-order valence-electron chi connectivity index (χ4n) is 3.98. The number of carbonyl (C=O) groups excluding carboxylic acids is 3. The molecule has 0 fully saturated rings. The van der Waals surface area contributed by atoms with Crippen LogP contribution in [0.5, 0.6) is 11.5 Å². The van der Waals surface area contributed by atoms with E-state index >= 15 is 0 Å². The molecule has 1 aliphatic heterocycles. The molecule has 38 heavy (non-hydrogen) atoms. The molecular formula is C26H38NO10P. The lowest BCUT2D eigenvalue weighted by Gasteiger charge is -2.26. The van der Waals surface area contributed by atoms with E-state index in [9.17, 15) is 18.9 Å². The molecule has 0 aromatic heterocycles. The second-order valence-electron chi connectivity index (χ2n) is 9.25. The zero-order chi connectivity index (χ0) is 28.6. The van der Waals surface area contributed by atoms with E-state index in [4.69, 9.17) is 28.2 Å². The Labute approximate surface area is 223 Å². The van der Waals surface area contributed by atoms with Gasteiger partial charge in [-0.2, -0.15) is 0 Å². The van der Waals surface area contributed by atoms with Gasteiger partial charge in [0.2, 0.25) is 0 Å². The Morgan fingerprint density at radius 1 is 1.13 bits per heavy atom. The Bertz CT molecular complexity index is 1130. The molecule has 11 nitrogen and oxygen atoms in total. The molecule has 12 heteroatoms. The summed E-state index contributed by atoms with van der Waals surface area (Å²) in [6, 6.07) is -0.991. The highest BCUT2D eigenvalue weighted by Gasteiger charge is 2.38. The Hall–Kier alpha value is -2.88. The van der Waals surface area contributed by atoms with Crippen LogP contribution >= 0.6 is 7.52 Å². The molecule has 1 aromatic carbocycles. The van der Waals surface area contributed by atoms with Gasteiger partial charge in [0.25, 0.3) is 0 Å². The number of ether oxygens (including phenoxy) is 5. The number of benzene rings is 1. The maximum Gasteiger partial charge on any atom is 0.342 e. The van der Waals surface area contributed by atoms with Crippen molar-refractivity contribution in [3.8, 4) is 11.5 Å². The molecule has 1 aliphatic rings. The van der Waals surface area contributed by atoms with Crippen LogP contribution in [0.1, 0.15) is 67.6 Å². The third-order valence-corrected chi connectivity index (χ3v) is 7.72. The van der Waals surface area contributed by atoms with Gasteiger partial charge in [0.1, 0.15) is 36.1 Å². The normalized spacial score (nSPS) is 15.4. The first-order valence-electron chi connectivity index (χ1n) is 12.2. The van der Waals surface area contributed by atoms with E-state index in [1.807, 2.05) is 13.0 Å². The predicted octanol–water partition coefficient (Wildman–Crippen LogP) is 4.22. The summed E-state index contributed by atoms with van der Waals surface area (Å²) in [5.41, 5.74) is 2.77. The highest BCUT2D eigenvalue weighted by atomic mass is 31.2. The van der Waals surface area contributed by atoms with Crippen LogP contribution in [-0.2, 0) is 46.1 Å². The van der Waals surface area contributed by atoms with E-state index in [0.717, 1.165) is 5.57 Å². The summed E-state index contributed by atoms with van der Waals surface area (Å²) in [4.78, 5) is 36.8. The van der Waals surface area contributed by atoms with Crippen LogP contribution in [0, 0.1) is 6.92 Å². The standard InChI is InChI=1S/C26H38NO10P/c1-15(2)36-25(29)18(5)27-38(31,14-32-6)37-24-19(11-9-16(3)10-12-21(28)33-7)23(34-8)17(4)20-13-35-26(30)22(20)24/h9,15,18H,10-14H2,1-8H3,(H,27,31)/b16-9+/t18-,38?/m0/s1. The quantitative estimate of drug-likeness (QED) is 0.153. The summed E-state index contributed by atoms with van der Waals surface area (Å²) in [5, 5.41) is 2.71. The van der Waals surface area contributed by atoms with Crippen molar-refractivity contribution in [3.05, 3.63) is 33.9 Å². The highest BCUT2D eigenvalue weighted by Crippen LogP contribution is 2.51. The number of methoxy groups -OCH3 is 3. The zero-order valence-electron chi connectivity index (χ0n) is 23.3. The summed E-state index contributed by atoms with van der Waals surface area (Å²) >= 11 is 0. The van der Waals surface area contributed by atoms with Gasteiger partial charge >= 0.3 is 25.4 Å². The molecule has 0 radical (unpaired) electrons. The summed E-state index contributed by atoms with van der Waals surface area (Å²) in [5.74, 6) is -1.09. The van der Waals surface area contributed by atoms with Gasteiger partial charge in [0.05, 0.1) is 20.3 Å². The number of hydrogen-bond donors (Lipinski definition) is 1. The molecule has 0 amide bonds. The van der Waals surface area contributed by atoms with Crippen molar-refractivity contribution in [1.29, 1.82) is 0 Å². The third-order valence-electron chi connectivity index (χ3n) is 5.87. The molecule has 1 unspecified atom stereocenters. The fraction of sp³-hybridized carbons (Fsp3) is 0.577. The lowest BCUT2D eigenvalue weighted by molar-refractivity contribution is -0.149. The molecule has 0 bridgehead atoms. The van der Waals surface area contributed by atoms with Crippen molar-refractivity contribution < 1.29 is 47.2 Å². The average Bonchev–Trinajstić information content (AvgIpc) is 3.24. The second kappa shape index (κ2) is 13.8. The largest absolute Gasteiger partial charge is 0.496 e. The van der Waals surface area contributed by atoms with E-state index in [0.29, 0.717) is 28.9 Å². The van der Waals surface area contributed by atoms with Crippen LogP contribution < -0.4 is 14.3 Å². The van der Waals surface area contributed by atoms with Gasteiger partial charge in [-0.15, -0.1) is 0 Å². The molecular weight excluding hydrogens is 517 g/mol. The molecule has 0 spiro atoms. The highest BCUT2D eigenvalue weighted by molar-refractivity contribution is 7.57. The maximum absolute atomic E-state index is 13.9. The Balaban J connectivity index is 2.57. The van der Waals surface area contributed by atoms with E-state index in [2.05, 4.69) is 5.09 Å². The van der Waals surface area contributed by atoms with Crippen LogP contribution in [0.3, 0.4) is 0 Å². The molecule has 0 aliphatic carbocycles. The number of rotatable bonds is 14. The second-order valence-corrected chi connectivity index (χ2v) is 11.3. The number of hydrogen-bond acceptors (Lipinski definition) is 10. The summed E-state index contributed by atoms with van der Waals surface area (Å²) < 4.78 is 46.1. The minimum Gasteiger partial charge on any atom is -0.496 e. The molecule has 1 heterocycles. The van der Waals surface area contributed by atoms with E-state index in [1.165, 1.54) is 28.3 Å². The minimum atomic E-state index is -3.92. The Morgan fingerprint density at radius 3 is 2.39 bits per heavy atom. The summed E-state index contributed by atoms with van der Waals surface area (Å²) in [6.07, 6.45) is 2.04. The topological polar surface area (TPSA) is 136 Å². The number of allylic oxidation sites excluding steroid dienone is 2. The number of cyclic esters (lactones) is 1. The van der Waals surface area contributed by atoms with Crippen LogP contribution in [0.4, 0.5) is 0 Å². The number of esters is 3. The molecule has 0 saturated heterocycles. The van der Waals surface area contributed by atoms with Gasteiger partial charge in [-0.3, -0.25) is 14.2 Å². The SMILES string of the molecule is COCP(=O)(N[C@@H](C)C(=O)OC(C)C)Oc1c(C/C=C(\C)CCC(=O)OC)c(OC)c(C)c2c1C(=O)OC2. The van der Waals surface area contributed by atoms with Crippen molar-refractivity contribution in [2.75, 3.05) is 27.7 Å². The van der Waals surface area contributed by atoms with Crippen molar-refractivity contribution in [1.82, 2.24) is 5.09 Å². The number of nitrogens with one attached hydrogen (secondary N) is 1. The lowest BCUT2D eigenvalue weighted by atomic mass is 9.94. The Kier molecular flexibility index (Phi) is 11.4. The molecule has 212 valence electrons. The van der Waals surface area contributed by atoms with Gasteiger partial charge in [-0.1, -0.05) is 11.6 Å². The molecule has 1 aromatic rings. The van der Waals surface area contributed by atoms with Crippen LogP contribution in [-0.4, -0.2) is 57.7 Å². The van der Waals surface area contributed by atoms with Gasteiger partial charge < -0.3 is 28.2 Å². The molecule has 0 saturated carbocycles. The van der Waals surface area contributed by atoms with Gasteiger partial charge in [-0.05, 0) is 53.0 Å². The average molecular weight is 556 g/mol. The van der Waals surface area contributed by atoms with Gasteiger partial charge in [0.15, 0.2) is 0 Å². The van der Waals surface area contributed by atoms with Crippen LogP contribution in [0.15, 0.2) is 11.6 Å². The maximum atomic E-state index is 13.9. The minimum absolute atomic E-state index is 0.0140. The van der Waals surface area contributed by atoms with Crippen molar-refractivity contribution in [2.24, 2.45) is 0 Å². The smallest absolute Gasteiger partial charge is 0.342 e. The fourth-order valence-corrected chi connectivity index (χ4v) is 5.69. The van der Waals surface area contributed by atoms with Gasteiger partial charge in [0, 0.05) is 24.7 Å². The number of carbonyl (C=O) groups is 3. The van der Waals surface area contributed by atoms with E-state index in [1.54, 1.807) is 20.8 Å². The Morgan fingerprint density at radius 2 is 1.82 bits per heavy atom. The van der Waals surface area contributed by atoms with Crippen LogP contribution in [0.2, 0.25) is 0 Å². The number of fused-ring (bicyclic) bond motifs is 1. The first-order chi connectivity index (χ1) is 17.9.